The number of amides is 2. The van der Waals surface area contributed by atoms with E-state index in [-0.39, 0.29) is 17.0 Å². The van der Waals surface area contributed by atoms with Crippen LogP contribution in [0.3, 0.4) is 0 Å². The van der Waals surface area contributed by atoms with Crippen molar-refractivity contribution in [3.05, 3.63) is 84.4 Å². The lowest BCUT2D eigenvalue weighted by Crippen LogP contribution is -2.36. The van der Waals surface area contributed by atoms with E-state index >= 15 is 0 Å². The molecule has 0 bridgehead atoms. The molecule has 3 aromatic rings. The van der Waals surface area contributed by atoms with Gasteiger partial charge in [-0.2, -0.15) is 0 Å². The summed E-state index contributed by atoms with van der Waals surface area (Å²) in [5.41, 5.74) is 1.89. The van der Waals surface area contributed by atoms with Gasteiger partial charge >= 0.3 is 6.03 Å². The van der Waals surface area contributed by atoms with Gasteiger partial charge < -0.3 is 15.4 Å². The fraction of sp³-hybridized carbons (Fsp3) is 0.208. The highest BCUT2D eigenvalue weighted by Gasteiger charge is 2.09. The Kier molecular flexibility index (Phi) is 7.31. The lowest BCUT2D eigenvalue weighted by atomic mass is 10.1. The van der Waals surface area contributed by atoms with Crippen LogP contribution in [0.4, 0.5) is 10.5 Å². The fourth-order valence-corrected chi connectivity index (χ4v) is 3.62. The van der Waals surface area contributed by atoms with Gasteiger partial charge in [-0.15, -0.1) is 0 Å². The number of benzene rings is 3. The van der Waals surface area contributed by atoms with E-state index < -0.39 is 9.84 Å². The average molecular weight is 439 g/mol. The van der Waals surface area contributed by atoms with Crippen molar-refractivity contribution in [2.75, 3.05) is 11.6 Å². The summed E-state index contributed by atoms with van der Waals surface area (Å²) in [5, 5.41) is 5.75. The third-order valence-electron chi connectivity index (χ3n) is 4.69. The molecule has 0 spiro atoms. The zero-order chi connectivity index (χ0) is 22.3. The van der Waals surface area contributed by atoms with Gasteiger partial charge in [0, 0.05) is 18.0 Å². The Morgan fingerprint density at radius 2 is 1.48 bits per heavy atom. The molecule has 6 nitrogen and oxygen atoms in total. The first-order chi connectivity index (χ1) is 14.8. The molecule has 0 saturated heterocycles. The van der Waals surface area contributed by atoms with Crippen molar-refractivity contribution < 1.29 is 17.9 Å². The van der Waals surface area contributed by atoms with Crippen LogP contribution < -0.4 is 15.4 Å². The summed E-state index contributed by atoms with van der Waals surface area (Å²) in [5.74, 6) is 1.10. The third kappa shape index (κ3) is 7.15. The number of anilines is 1. The van der Waals surface area contributed by atoms with Crippen molar-refractivity contribution in [2.45, 2.75) is 30.7 Å². The quantitative estimate of drug-likeness (QED) is 0.517. The minimum absolute atomic E-state index is 0.0396. The standard InChI is InChI=1S/C24H26N2O4S/c1-18(8-9-19-6-4-3-5-7-19)25-24(27)26-20-10-12-21(13-11-20)30-22-14-16-23(17-15-22)31(2,28)29/h3-7,10-18H,8-9H2,1-2H3,(H2,25,26,27). The molecule has 3 rings (SSSR count). The second kappa shape index (κ2) is 10.1. The van der Waals surface area contributed by atoms with Gasteiger partial charge in [-0.05, 0) is 73.9 Å². The Morgan fingerprint density at radius 3 is 2.06 bits per heavy atom. The van der Waals surface area contributed by atoms with Gasteiger partial charge in [-0.3, -0.25) is 0 Å². The number of hydrogen-bond acceptors (Lipinski definition) is 4. The number of nitrogens with one attached hydrogen (secondary N) is 2. The number of carbonyl (C=O) groups excluding carboxylic acids is 1. The number of urea groups is 1. The van der Waals surface area contributed by atoms with Gasteiger partial charge in [0.2, 0.25) is 0 Å². The molecule has 162 valence electrons. The molecule has 7 heteroatoms. The zero-order valence-electron chi connectivity index (χ0n) is 17.5. The van der Waals surface area contributed by atoms with Crippen LogP contribution in [-0.4, -0.2) is 26.7 Å². The van der Waals surface area contributed by atoms with Gasteiger partial charge in [0.15, 0.2) is 9.84 Å². The number of carbonyl (C=O) groups is 1. The predicted molar refractivity (Wildman–Crippen MR) is 122 cm³/mol. The largest absolute Gasteiger partial charge is 0.457 e. The molecular formula is C24H26N2O4S. The van der Waals surface area contributed by atoms with Gasteiger partial charge in [0.25, 0.3) is 0 Å². The number of hydrogen-bond donors (Lipinski definition) is 2. The van der Waals surface area contributed by atoms with Gasteiger partial charge in [-0.25, -0.2) is 13.2 Å². The lowest BCUT2D eigenvalue weighted by Gasteiger charge is -2.15. The Bertz CT molecular complexity index is 1100. The van der Waals surface area contributed by atoms with E-state index in [0.717, 1.165) is 19.1 Å². The molecule has 0 aromatic heterocycles. The topological polar surface area (TPSA) is 84.5 Å². The molecule has 0 saturated carbocycles. The van der Waals surface area contributed by atoms with Crippen molar-refractivity contribution in [3.63, 3.8) is 0 Å². The van der Waals surface area contributed by atoms with Crippen LogP contribution in [0.2, 0.25) is 0 Å². The molecule has 0 aliphatic heterocycles. The molecule has 0 radical (unpaired) electrons. The molecular weight excluding hydrogens is 412 g/mol. The van der Waals surface area contributed by atoms with Crippen LogP contribution >= 0.6 is 0 Å². The molecule has 31 heavy (non-hydrogen) atoms. The second-order valence-corrected chi connectivity index (χ2v) is 9.41. The van der Waals surface area contributed by atoms with Crippen LogP contribution in [-0.2, 0) is 16.3 Å². The summed E-state index contributed by atoms with van der Waals surface area (Å²) in [6.45, 7) is 1.98. The third-order valence-corrected chi connectivity index (χ3v) is 5.81. The molecule has 0 aliphatic rings. The van der Waals surface area contributed by atoms with Gasteiger partial charge in [-0.1, -0.05) is 30.3 Å². The maximum Gasteiger partial charge on any atom is 0.319 e. The summed E-state index contributed by atoms with van der Waals surface area (Å²) in [6, 6.07) is 23.1. The summed E-state index contributed by atoms with van der Waals surface area (Å²) in [6.07, 6.45) is 2.91. The van der Waals surface area contributed by atoms with Crippen molar-refractivity contribution in [1.82, 2.24) is 5.32 Å². The molecule has 3 aromatic carbocycles. The second-order valence-electron chi connectivity index (χ2n) is 7.39. The molecule has 2 N–H and O–H groups in total. The fourth-order valence-electron chi connectivity index (χ4n) is 2.99. The molecule has 0 aliphatic carbocycles. The van der Waals surface area contributed by atoms with Gasteiger partial charge in [0.1, 0.15) is 11.5 Å². The molecule has 1 atom stereocenters. The van der Waals surface area contributed by atoms with Crippen LogP contribution in [0.25, 0.3) is 0 Å². The maximum absolute atomic E-state index is 12.2. The van der Waals surface area contributed by atoms with E-state index in [4.69, 9.17) is 4.74 Å². The highest BCUT2D eigenvalue weighted by molar-refractivity contribution is 7.90. The minimum atomic E-state index is -3.24. The van der Waals surface area contributed by atoms with E-state index in [1.807, 2.05) is 25.1 Å². The first-order valence-electron chi connectivity index (χ1n) is 9.99. The van der Waals surface area contributed by atoms with Gasteiger partial charge in [0.05, 0.1) is 4.90 Å². The first kappa shape index (κ1) is 22.4. The van der Waals surface area contributed by atoms with Crippen molar-refractivity contribution >= 4 is 21.6 Å². The predicted octanol–water partition coefficient (Wildman–Crippen LogP) is 5.03. The van der Waals surface area contributed by atoms with Crippen molar-refractivity contribution in [1.29, 1.82) is 0 Å². The molecule has 1 unspecified atom stereocenters. The lowest BCUT2D eigenvalue weighted by molar-refractivity contribution is 0.248. The van der Waals surface area contributed by atoms with Crippen LogP contribution in [0, 0.1) is 0 Å². The number of aryl methyl sites for hydroxylation is 1. The first-order valence-corrected chi connectivity index (χ1v) is 11.9. The van der Waals surface area contributed by atoms with E-state index in [0.29, 0.717) is 17.2 Å². The van der Waals surface area contributed by atoms with Crippen LogP contribution in [0.15, 0.2) is 83.8 Å². The smallest absolute Gasteiger partial charge is 0.319 e. The minimum Gasteiger partial charge on any atom is -0.457 e. The SMILES string of the molecule is CC(CCc1ccccc1)NC(=O)Nc1ccc(Oc2ccc(S(C)(=O)=O)cc2)cc1. The summed E-state index contributed by atoms with van der Waals surface area (Å²) in [7, 11) is -3.24. The molecule has 0 fully saturated rings. The Labute approximate surface area is 183 Å². The highest BCUT2D eigenvalue weighted by Crippen LogP contribution is 2.24. The van der Waals surface area contributed by atoms with Crippen molar-refractivity contribution in [2.24, 2.45) is 0 Å². The van der Waals surface area contributed by atoms with Crippen LogP contribution in [0.1, 0.15) is 18.9 Å². The number of rotatable bonds is 8. The number of sulfone groups is 1. The Morgan fingerprint density at radius 1 is 0.903 bits per heavy atom. The summed E-state index contributed by atoms with van der Waals surface area (Å²) >= 11 is 0. The Hall–Kier alpha value is -3.32. The van der Waals surface area contributed by atoms with E-state index in [1.165, 1.54) is 17.7 Å². The zero-order valence-corrected chi connectivity index (χ0v) is 18.4. The maximum atomic E-state index is 12.2. The number of ether oxygens (including phenoxy) is 1. The average Bonchev–Trinajstić information content (AvgIpc) is 2.74. The highest BCUT2D eigenvalue weighted by atomic mass is 32.2. The van der Waals surface area contributed by atoms with Crippen molar-refractivity contribution in [3.8, 4) is 11.5 Å². The summed E-state index contributed by atoms with van der Waals surface area (Å²) < 4.78 is 28.8. The molecule has 0 heterocycles. The summed E-state index contributed by atoms with van der Waals surface area (Å²) in [4.78, 5) is 12.5. The van der Waals surface area contributed by atoms with E-state index in [2.05, 4.69) is 22.8 Å². The normalized spacial score (nSPS) is 12.1. The van der Waals surface area contributed by atoms with E-state index in [9.17, 15) is 13.2 Å². The Balaban J connectivity index is 1.47. The molecule has 2 amide bonds. The monoisotopic (exact) mass is 438 g/mol. The van der Waals surface area contributed by atoms with E-state index in [1.54, 1.807) is 36.4 Å². The van der Waals surface area contributed by atoms with Crippen LogP contribution in [0.5, 0.6) is 11.5 Å².